The van der Waals surface area contributed by atoms with Crippen LogP contribution in [0.4, 0.5) is 0 Å². The lowest BCUT2D eigenvalue weighted by molar-refractivity contribution is -0.137. The molecule has 1 aliphatic carbocycles. The van der Waals surface area contributed by atoms with Crippen LogP contribution in [0, 0.1) is 11.3 Å². The number of aromatic nitrogens is 3. The van der Waals surface area contributed by atoms with Crippen molar-refractivity contribution in [3.63, 3.8) is 0 Å². The number of carbonyl (C=O) groups is 1. The number of benzene rings is 1. The number of nitrogens with one attached hydrogen (secondary N) is 2. The summed E-state index contributed by atoms with van der Waals surface area (Å²) in [5.41, 5.74) is 1.36. The van der Waals surface area contributed by atoms with E-state index in [1.165, 1.54) is 32.1 Å². The lowest BCUT2D eigenvalue weighted by atomic mass is 9.63. The van der Waals surface area contributed by atoms with Crippen molar-refractivity contribution in [3.8, 4) is 0 Å². The monoisotopic (exact) mass is 526 g/mol. The van der Waals surface area contributed by atoms with Gasteiger partial charge in [0.1, 0.15) is 12.7 Å². The molecule has 0 spiro atoms. The van der Waals surface area contributed by atoms with Crippen LogP contribution in [0.3, 0.4) is 0 Å². The molecule has 1 unspecified atom stereocenters. The smallest absolute Gasteiger partial charge is 0.240 e. The topological polar surface area (TPSA) is 75.1 Å². The maximum atomic E-state index is 14.0. The van der Waals surface area contributed by atoms with Gasteiger partial charge in [0.05, 0.1) is 6.04 Å². The first-order valence-electron chi connectivity index (χ1n) is 14.4. The Bertz CT molecular complexity index is 959. The van der Waals surface area contributed by atoms with Crippen molar-refractivity contribution in [3.05, 3.63) is 47.5 Å². The average molecular weight is 527 g/mol. The molecule has 2 aromatic rings. The van der Waals surface area contributed by atoms with Crippen molar-refractivity contribution < 1.29 is 4.79 Å². The summed E-state index contributed by atoms with van der Waals surface area (Å²) in [5, 5.41) is 12.5. The maximum absolute atomic E-state index is 14.0. The van der Waals surface area contributed by atoms with Crippen LogP contribution in [-0.2, 0) is 17.8 Å². The van der Waals surface area contributed by atoms with Crippen LogP contribution in [0.5, 0.6) is 0 Å². The molecule has 202 valence electrons. The minimum Gasteiger partial charge on any atom is -0.341 e. The Balaban J connectivity index is 1.29. The van der Waals surface area contributed by atoms with Crippen molar-refractivity contribution in [1.82, 2.24) is 30.3 Å². The fraction of sp³-hybridized carbons (Fsp3) is 0.690. The fourth-order valence-electron chi connectivity index (χ4n) is 6.98. The summed E-state index contributed by atoms with van der Waals surface area (Å²) in [6, 6.07) is 8.13. The van der Waals surface area contributed by atoms with Gasteiger partial charge >= 0.3 is 0 Å². The highest BCUT2D eigenvalue weighted by Crippen LogP contribution is 2.47. The van der Waals surface area contributed by atoms with Crippen LogP contribution >= 0.6 is 11.6 Å². The van der Waals surface area contributed by atoms with E-state index in [0.29, 0.717) is 18.4 Å². The van der Waals surface area contributed by atoms with E-state index < -0.39 is 0 Å². The number of rotatable bonds is 8. The van der Waals surface area contributed by atoms with Gasteiger partial charge in [0.25, 0.3) is 0 Å². The lowest BCUT2D eigenvalue weighted by Crippen LogP contribution is -2.55. The van der Waals surface area contributed by atoms with Gasteiger partial charge in [-0.3, -0.25) is 9.48 Å². The van der Waals surface area contributed by atoms with Crippen molar-refractivity contribution in [1.29, 1.82) is 0 Å². The number of carbonyl (C=O) groups excluding carboxylic acids is 1. The van der Waals surface area contributed by atoms with Gasteiger partial charge in [-0.15, -0.1) is 0 Å². The Labute approximate surface area is 226 Å². The fourth-order valence-corrected chi connectivity index (χ4v) is 7.11. The molecule has 5 rings (SSSR count). The molecule has 3 aliphatic rings. The highest BCUT2D eigenvalue weighted by molar-refractivity contribution is 6.30. The van der Waals surface area contributed by atoms with Gasteiger partial charge in [-0.25, -0.2) is 4.98 Å². The Kier molecular flexibility index (Phi) is 9.16. The van der Waals surface area contributed by atoms with Crippen molar-refractivity contribution in [2.75, 3.05) is 26.2 Å². The van der Waals surface area contributed by atoms with Crippen LogP contribution in [-0.4, -0.2) is 63.8 Å². The molecule has 37 heavy (non-hydrogen) atoms. The summed E-state index contributed by atoms with van der Waals surface area (Å²) in [5.74, 6) is 0.967. The number of piperidine rings is 1. The van der Waals surface area contributed by atoms with E-state index in [9.17, 15) is 4.79 Å². The molecule has 1 amide bonds. The van der Waals surface area contributed by atoms with Gasteiger partial charge in [-0.1, -0.05) is 43.0 Å². The highest BCUT2D eigenvalue weighted by atomic mass is 35.5. The normalized spacial score (nSPS) is 23.9. The lowest BCUT2D eigenvalue weighted by Gasteiger charge is -2.48. The number of amides is 1. The van der Waals surface area contributed by atoms with Gasteiger partial charge < -0.3 is 15.5 Å². The molecule has 3 fully saturated rings. The quantitative estimate of drug-likeness (QED) is 0.531. The molecule has 2 saturated heterocycles. The van der Waals surface area contributed by atoms with E-state index in [-0.39, 0.29) is 17.4 Å². The highest BCUT2D eigenvalue weighted by Gasteiger charge is 2.43. The Morgan fingerprint density at radius 1 is 1.05 bits per heavy atom. The van der Waals surface area contributed by atoms with Crippen LogP contribution in [0.2, 0.25) is 5.02 Å². The van der Waals surface area contributed by atoms with Crippen LogP contribution in [0.1, 0.15) is 69.8 Å². The van der Waals surface area contributed by atoms with Gasteiger partial charge in [0.2, 0.25) is 5.91 Å². The maximum Gasteiger partial charge on any atom is 0.240 e. The molecule has 2 aliphatic heterocycles. The first-order chi connectivity index (χ1) is 18.1. The molecule has 1 saturated carbocycles. The van der Waals surface area contributed by atoms with Gasteiger partial charge in [-0.05, 0) is 93.5 Å². The molecular formula is C29H43ClN6O. The zero-order valence-corrected chi connectivity index (χ0v) is 22.8. The Hall–Kier alpha value is -1.96. The zero-order valence-electron chi connectivity index (χ0n) is 22.1. The third-order valence-electron chi connectivity index (χ3n) is 9.15. The van der Waals surface area contributed by atoms with Gasteiger partial charge in [-0.2, -0.15) is 5.10 Å². The molecule has 0 radical (unpaired) electrons. The third-order valence-corrected chi connectivity index (χ3v) is 9.40. The Morgan fingerprint density at radius 3 is 2.57 bits per heavy atom. The summed E-state index contributed by atoms with van der Waals surface area (Å²) >= 11 is 6.14. The first kappa shape index (κ1) is 26.6. The SMILES string of the molecule is O=C([C@@H](Cc1ccc(Cl)cc1)NC1CCCNCC1)N1CCC(Cn2cncn2)(C2CCCCC2)CC1. The summed E-state index contributed by atoms with van der Waals surface area (Å²) in [7, 11) is 0. The van der Waals surface area contributed by atoms with E-state index in [2.05, 4.69) is 37.7 Å². The van der Waals surface area contributed by atoms with Crippen LogP contribution in [0.15, 0.2) is 36.9 Å². The summed E-state index contributed by atoms with van der Waals surface area (Å²) in [6.45, 7) is 4.65. The van der Waals surface area contributed by atoms with E-state index in [1.807, 2.05) is 23.1 Å². The number of likely N-dealkylation sites (tertiary alicyclic amines) is 1. The van der Waals surface area contributed by atoms with Gasteiger partial charge in [0, 0.05) is 30.7 Å². The molecule has 1 aromatic heterocycles. The van der Waals surface area contributed by atoms with E-state index >= 15 is 0 Å². The first-order valence-corrected chi connectivity index (χ1v) is 14.8. The third kappa shape index (κ3) is 6.92. The van der Waals surface area contributed by atoms with Crippen molar-refractivity contribution in [2.24, 2.45) is 11.3 Å². The predicted octanol–water partition coefficient (Wildman–Crippen LogP) is 4.46. The van der Waals surface area contributed by atoms with Crippen molar-refractivity contribution >= 4 is 17.5 Å². The molecular weight excluding hydrogens is 484 g/mol. The molecule has 7 nitrogen and oxygen atoms in total. The number of hydrogen-bond donors (Lipinski definition) is 2. The molecule has 0 bridgehead atoms. The molecule has 1 aromatic carbocycles. The summed E-state index contributed by atoms with van der Waals surface area (Å²) in [4.78, 5) is 20.4. The summed E-state index contributed by atoms with van der Waals surface area (Å²) < 4.78 is 2.02. The number of halogens is 1. The van der Waals surface area contributed by atoms with E-state index in [4.69, 9.17) is 11.6 Å². The predicted molar refractivity (Wildman–Crippen MR) is 147 cm³/mol. The van der Waals surface area contributed by atoms with E-state index in [0.717, 1.165) is 75.4 Å². The van der Waals surface area contributed by atoms with Gasteiger partial charge in [0.15, 0.2) is 0 Å². The molecule has 3 heterocycles. The second-order valence-electron chi connectivity index (χ2n) is 11.5. The number of nitrogens with zero attached hydrogens (tertiary/aromatic N) is 4. The zero-order chi connectivity index (χ0) is 25.5. The standard InChI is InChI=1S/C29H43ClN6O/c30-25-10-8-23(9-11-25)19-27(34-26-7-4-15-31-16-12-26)28(37)35-17-13-29(14-18-35,20-36-22-32-21-33-36)24-5-2-1-3-6-24/h8-11,21-22,24,26-27,31,34H,1-7,12-20H2/t26?,27-/m1/s1. The van der Waals surface area contributed by atoms with E-state index in [1.54, 1.807) is 6.33 Å². The Morgan fingerprint density at radius 2 is 1.84 bits per heavy atom. The number of hydrogen-bond acceptors (Lipinski definition) is 5. The minimum absolute atomic E-state index is 0.205. The second-order valence-corrected chi connectivity index (χ2v) is 12.0. The van der Waals surface area contributed by atoms with Crippen LogP contribution < -0.4 is 10.6 Å². The largest absolute Gasteiger partial charge is 0.341 e. The molecule has 2 N–H and O–H groups in total. The summed E-state index contributed by atoms with van der Waals surface area (Å²) in [6.07, 6.45) is 16.2. The second kappa shape index (κ2) is 12.7. The average Bonchev–Trinajstić information content (AvgIpc) is 3.31. The minimum atomic E-state index is -0.207. The molecule has 2 atom stereocenters. The van der Waals surface area contributed by atoms with Crippen LogP contribution in [0.25, 0.3) is 0 Å². The van der Waals surface area contributed by atoms with Crippen molar-refractivity contribution in [2.45, 2.75) is 89.3 Å². The molecule has 8 heteroatoms.